The van der Waals surface area contributed by atoms with Crippen molar-refractivity contribution in [3.8, 4) is 5.75 Å². The van der Waals surface area contributed by atoms with E-state index in [1.165, 1.54) is 11.3 Å². The summed E-state index contributed by atoms with van der Waals surface area (Å²) in [7, 11) is 1.65. The third-order valence-electron chi connectivity index (χ3n) is 4.27. The average molecular weight is 348 g/mol. The Balaban J connectivity index is 1.86. The standard InChI is InChI=1S/C18H24N2O3S/c1-3-4-7-17(21)20(12-14-6-5-10-23-14)18-19-15-9-8-13(22-2)11-16(15)24-18/h8-9,11,14H,3-7,10,12H2,1-2H3. The van der Waals surface area contributed by atoms with Gasteiger partial charge in [0.25, 0.3) is 0 Å². The number of thiazole rings is 1. The summed E-state index contributed by atoms with van der Waals surface area (Å²) in [4.78, 5) is 19.2. The predicted octanol–water partition coefficient (Wildman–Crippen LogP) is 4.01. The summed E-state index contributed by atoms with van der Waals surface area (Å²) in [6.07, 6.45) is 4.67. The molecule has 1 saturated heterocycles. The van der Waals surface area contributed by atoms with Gasteiger partial charge < -0.3 is 9.47 Å². The minimum Gasteiger partial charge on any atom is -0.497 e. The molecule has 130 valence electrons. The Labute approximate surface area is 146 Å². The van der Waals surface area contributed by atoms with E-state index in [4.69, 9.17) is 9.47 Å². The van der Waals surface area contributed by atoms with Crippen molar-refractivity contribution in [1.82, 2.24) is 4.98 Å². The molecule has 1 aromatic carbocycles. The van der Waals surface area contributed by atoms with Crippen molar-refractivity contribution in [2.75, 3.05) is 25.2 Å². The Morgan fingerprint density at radius 2 is 2.38 bits per heavy atom. The van der Waals surface area contributed by atoms with Gasteiger partial charge >= 0.3 is 0 Å². The zero-order valence-corrected chi connectivity index (χ0v) is 15.1. The molecule has 3 rings (SSSR count). The topological polar surface area (TPSA) is 51.7 Å². The van der Waals surface area contributed by atoms with E-state index in [2.05, 4.69) is 11.9 Å². The van der Waals surface area contributed by atoms with Gasteiger partial charge in [0.05, 0.1) is 30.0 Å². The minimum absolute atomic E-state index is 0.122. The number of ether oxygens (including phenoxy) is 2. The van der Waals surface area contributed by atoms with Crippen LogP contribution in [0.1, 0.15) is 39.0 Å². The number of methoxy groups -OCH3 is 1. The SMILES string of the molecule is CCCCC(=O)N(CC1CCCO1)c1nc2ccc(OC)cc2s1. The molecular formula is C18H24N2O3S. The first-order chi connectivity index (χ1) is 11.7. The summed E-state index contributed by atoms with van der Waals surface area (Å²) in [5.41, 5.74) is 0.899. The Hall–Kier alpha value is -1.66. The minimum atomic E-state index is 0.122. The van der Waals surface area contributed by atoms with Crippen LogP contribution in [-0.2, 0) is 9.53 Å². The van der Waals surface area contributed by atoms with E-state index in [-0.39, 0.29) is 12.0 Å². The van der Waals surface area contributed by atoms with Crippen LogP contribution < -0.4 is 9.64 Å². The molecule has 1 aromatic heterocycles. The highest BCUT2D eigenvalue weighted by molar-refractivity contribution is 7.22. The second kappa shape index (κ2) is 7.94. The Bertz CT molecular complexity index is 695. The number of anilines is 1. The lowest BCUT2D eigenvalue weighted by atomic mass is 10.2. The summed E-state index contributed by atoms with van der Waals surface area (Å²) in [5.74, 6) is 0.944. The van der Waals surface area contributed by atoms with Gasteiger partial charge in [0, 0.05) is 13.0 Å². The van der Waals surface area contributed by atoms with Gasteiger partial charge in [-0.3, -0.25) is 9.69 Å². The summed E-state index contributed by atoms with van der Waals surface area (Å²) in [6.45, 7) is 3.49. The van der Waals surface area contributed by atoms with E-state index in [9.17, 15) is 4.79 Å². The van der Waals surface area contributed by atoms with Crippen molar-refractivity contribution >= 4 is 32.6 Å². The second-order valence-corrected chi connectivity index (χ2v) is 7.08. The molecule has 1 aliphatic rings. The fourth-order valence-electron chi connectivity index (χ4n) is 2.88. The van der Waals surface area contributed by atoms with Gasteiger partial charge in [0.2, 0.25) is 5.91 Å². The Morgan fingerprint density at radius 1 is 1.50 bits per heavy atom. The van der Waals surface area contributed by atoms with Crippen LogP contribution in [0.25, 0.3) is 10.2 Å². The predicted molar refractivity (Wildman–Crippen MR) is 97.0 cm³/mol. The number of unbranched alkanes of at least 4 members (excludes halogenated alkanes) is 1. The van der Waals surface area contributed by atoms with Gasteiger partial charge in [-0.1, -0.05) is 24.7 Å². The lowest BCUT2D eigenvalue weighted by Crippen LogP contribution is -2.37. The van der Waals surface area contributed by atoms with Gasteiger partial charge in [-0.15, -0.1) is 0 Å². The molecule has 2 aromatic rings. The smallest absolute Gasteiger partial charge is 0.228 e. The summed E-state index contributed by atoms with van der Waals surface area (Å²) in [6, 6.07) is 5.81. The molecule has 6 heteroatoms. The number of carbonyl (C=O) groups excluding carboxylic acids is 1. The Morgan fingerprint density at radius 3 is 3.08 bits per heavy atom. The summed E-state index contributed by atoms with van der Waals surface area (Å²) >= 11 is 1.54. The summed E-state index contributed by atoms with van der Waals surface area (Å²) < 4.78 is 12.0. The molecule has 5 nitrogen and oxygen atoms in total. The van der Waals surface area contributed by atoms with Crippen molar-refractivity contribution in [2.45, 2.75) is 45.1 Å². The number of amides is 1. The number of rotatable bonds is 7. The average Bonchev–Trinajstić information content (AvgIpc) is 3.25. The first-order valence-corrected chi connectivity index (χ1v) is 9.39. The van der Waals surface area contributed by atoms with Gasteiger partial charge in [-0.05, 0) is 37.5 Å². The lowest BCUT2D eigenvalue weighted by Gasteiger charge is -2.23. The maximum Gasteiger partial charge on any atom is 0.228 e. The van der Waals surface area contributed by atoms with Gasteiger partial charge in [-0.2, -0.15) is 0 Å². The molecule has 0 saturated carbocycles. The van der Waals surface area contributed by atoms with Crippen molar-refractivity contribution in [2.24, 2.45) is 0 Å². The molecular weight excluding hydrogens is 324 g/mol. The van der Waals surface area contributed by atoms with Crippen LogP contribution >= 0.6 is 11.3 Å². The van der Waals surface area contributed by atoms with Crippen LogP contribution in [-0.4, -0.2) is 37.3 Å². The van der Waals surface area contributed by atoms with E-state index in [1.807, 2.05) is 23.1 Å². The van der Waals surface area contributed by atoms with Crippen LogP contribution in [0.15, 0.2) is 18.2 Å². The second-order valence-electron chi connectivity index (χ2n) is 6.07. The highest BCUT2D eigenvalue weighted by Gasteiger charge is 2.25. The number of hydrogen-bond donors (Lipinski definition) is 0. The first-order valence-electron chi connectivity index (χ1n) is 8.57. The molecule has 0 bridgehead atoms. The highest BCUT2D eigenvalue weighted by Crippen LogP contribution is 2.32. The van der Waals surface area contributed by atoms with Crippen molar-refractivity contribution in [3.63, 3.8) is 0 Å². The molecule has 1 aliphatic heterocycles. The normalized spacial score (nSPS) is 17.3. The van der Waals surface area contributed by atoms with Gasteiger partial charge in [-0.25, -0.2) is 4.98 Å². The monoisotopic (exact) mass is 348 g/mol. The number of nitrogens with zero attached hydrogens (tertiary/aromatic N) is 2. The molecule has 1 fully saturated rings. The van der Waals surface area contributed by atoms with E-state index in [1.54, 1.807) is 7.11 Å². The van der Waals surface area contributed by atoms with Crippen LogP contribution in [0.5, 0.6) is 5.75 Å². The third kappa shape index (κ3) is 3.87. The third-order valence-corrected chi connectivity index (χ3v) is 5.31. The molecule has 1 amide bonds. The van der Waals surface area contributed by atoms with E-state index in [0.717, 1.165) is 53.4 Å². The number of aromatic nitrogens is 1. The molecule has 0 radical (unpaired) electrons. The van der Waals surface area contributed by atoms with Gasteiger partial charge in [0.15, 0.2) is 5.13 Å². The molecule has 1 atom stereocenters. The maximum atomic E-state index is 12.7. The van der Waals surface area contributed by atoms with Gasteiger partial charge in [0.1, 0.15) is 5.75 Å². The zero-order chi connectivity index (χ0) is 16.9. The van der Waals surface area contributed by atoms with E-state index >= 15 is 0 Å². The van der Waals surface area contributed by atoms with Crippen LogP contribution in [0.3, 0.4) is 0 Å². The number of benzene rings is 1. The number of fused-ring (bicyclic) bond motifs is 1. The van der Waals surface area contributed by atoms with Crippen molar-refractivity contribution in [1.29, 1.82) is 0 Å². The number of hydrogen-bond acceptors (Lipinski definition) is 5. The largest absolute Gasteiger partial charge is 0.497 e. The molecule has 24 heavy (non-hydrogen) atoms. The lowest BCUT2D eigenvalue weighted by molar-refractivity contribution is -0.119. The molecule has 1 unspecified atom stereocenters. The fourth-order valence-corrected chi connectivity index (χ4v) is 3.90. The molecule has 0 spiro atoms. The number of carbonyl (C=O) groups is 1. The molecule has 0 aliphatic carbocycles. The van der Waals surface area contributed by atoms with Crippen LogP contribution in [0, 0.1) is 0 Å². The zero-order valence-electron chi connectivity index (χ0n) is 14.3. The maximum absolute atomic E-state index is 12.7. The fraction of sp³-hybridized carbons (Fsp3) is 0.556. The quantitative estimate of drug-likeness (QED) is 0.759. The van der Waals surface area contributed by atoms with Crippen molar-refractivity contribution in [3.05, 3.63) is 18.2 Å². The molecule has 0 N–H and O–H groups in total. The van der Waals surface area contributed by atoms with Crippen LogP contribution in [0.2, 0.25) is 0 Å². The van der Waals surface area contributed by atoms with E-state index in [0.29, 0.717) is 13.0 Å². The first kappa shape index (κ1) is 17.2. The van der Waals surface area contributed by atoms with Crippen molar-refractivity contribution < 1.29 is 14.3 Å². The summed E-state index contributed by atoms with van der Waals surface area (Å²) in [5, 5.41) is 0.759. The van der Waals surface area contributed by atoms with E-state index < -0.39 is 0 Å². The molecule has 2 heterocycles. The van der Waals surface area contributed by atoms with Crippen LogP contribution in [0.4, 0.5) is 5.13 Å². The Kier molecular flexibility index (Phi) is 5.68. The highest BCUT2D eigenvalue weighted by atomic mass is 32.1.